The molecular formula is C13H19ClN2O3. The first-order chi connectivity index (χ1) is 9.00. The molecule has 0 heterocycles. The highest BCUT2D eigenvalue weighted by atomic mass is 35.5. The molecule has 1 aromatic rings. The van der Waals surface area contributed by atoms with Crippen LogP contribution < -0.4 is 5.32 Å². The quantitative estimate of drug-likeness (QED) is 0.453. The molecule has 0 radical (unpaired) electrons. The molecule has 0 atom stereocenters. The Balaban J connectivity index is 2.32. The maximum absolute atomic E-state index is 10.6. The van der Waals surface area contributed by atoms with E-state index in [4.69, 9.17) is 16.3 Å². The summed E-state index contributed by atoms with van der Waals surface area (Å²) >= 11 is 5.98. The van der Waals surface area contributed by atoms with Gasteiger partial charge in [0.15, 0.2) is 0 Å². The standard InChI is InChI=1S/C13H19ClN2O3/c1-10(2)9-19-6-5-15-8-11-3-4-12(16(17)18)7-13(11)14/h3-4,7,10,15H,5-6,8-9H2,1-2H3. The molecule has 0 saturated carbocycles. The number of hydrogen-bond acceptors (Lipinski definition) is 4. The van der Waals surface area contributed by atoms with E-state index >= 15 is 0 Å². The summed E-state index contributed by atoms with van der Waals surface area (Å²) in [5.41, 5.74) is 0.852. The van der Waals surface area contributed by atoms with E-state index in [1.165, 1.54) is 12.1 Å². The first-order valence-corrected chi connectivity index (χ1v) is 6.59. The van der Waals surface area contributed by atoms with E-state index in [9.17, 15) is 10.1 Å². The lowest BCUT2D eigenvalue weighted by Gasteiger charge is -2.08. The first kappa shape index (κ1) is 15.9. The van der Waals surface area contributed by atoms with Crippen molar-refractivity contribution in [1.82, 2.24) is 5.32 Å². The van der Waals surface area contributed by atoms with Gasteiger partial charge in [-0.3, -0.25) is 10.1 Å². The molecule has 6 heteroatoms. The molecule has 0 unspecified atom stereocenters. The summed E-state index contributed by atoms with van der Waals surface area (Å²) in [6, 6.07) is 4.49. The Morgan fingerprint density at radius 2 is 2.21 bits per heavy atom. The lowest BCUT2D eigenvalue weighted by atomic mass is 10.2. The van der Waals surface area contributed by atoms with Crippen molar-refractivity contribution in [1.29, 1.82) is 0 Å². The number of nitro benzene ring substituents is 1. The monoisotopic (exact) mass is 286 g/mol. The molecule has 5 nitrogen and oxygen atoms in total. The fraction of sp³-hybridized carbons (Fsp3) is 0.538. The highest BCUT2D eigenvalue weighted by Gasteiger charge is 2.08. The van der Waals surface area contributed by atoms with Crippen molar-refractivity contribution in [3.63, 3.8) is 0 Å². The van der Waals surface area contributed by atoms with Crippen molar-refractivity contribution < 1.29 is 9.66 Å². The molecule has 0 bridgehead atoms. The molecule has 0 aliphatic heterocycles. The van der Waals surface area contributed by atoms with Crippen molar-refractivity contribution in [2.45, 2.75) is 20.4 Å². The minimum atomic E-state index is -0.456. The normalized spacial score (nSPS) is 10.9. The summed E-state index contributed by atoms with van der Waals surface area (Å²) < 4.78 is 5.43. The van der Waals surface area contributed by atoms with E-state index in [2.05, 4.69) is 19.2 Å². The third-order valence-corrected chi connectivity index (χ3v) is 2.79. The van der Waals surface area contributed by atoms with E-state index < -0.39 is 4.92 Å². The molecule has 1 aromatic carbocycles. The summed E-state index contributed by atoms with van der Waals surface area (Å²) in [6.45, 7) is 6.89. The van der Waals surface area contributed by atoms with Crippen molar-refractivity contribution in [3.05, 3.63) is 38.9 Å². The van der Waals surface area contributed by atoms with Gasteiger partial charge < -0.3 is 10.1 Å². The van der Waals surface area contributed by atoms with Crippen LogP contribution in [-0.2, 0) is 11.3 Å². The van der Waals surface area contributed by atoms with E-state index in [0.717, 1.165) is 18.7 Å². The zero-order valence-electron chi connectivity index (χ0n) is 11.2. The molecule has 1 rings (SSSR count). The predicted molar refractivity (Wildman–Crippen MR) is 75.5 cm³/mol. The van der Waals surface area contributed by atoms with Crippen LogP contribution in [0.4, 0.5) is 5.69 Å². The van der Waals surface area contributed by atoms with Gasteiger partial charge in [-0.1, -0.05) is 25.4 Å². The molecular weight excluding hydrogens is 268 g/mol. The van der Waals surface area contributed by atoms with Gasteiger partial charge in [0.1, 0.15) is 0 Å². The number of rotatable bonds is 8. The van der Waals surface area contributed by atoms with Gasteiger partial charge >= 0.3 is 0 Å². The second-order valence-corrected chi connectivity index (χ2v) is 5.09. The van der Waals surface area contributed by atoms with Crippen LogP contribution >= 0.6 is 11.6 Å². The minimum absolute atomic E-state index is 0.00835. The van der Waals surface area contributed by atoms with Crippen LogP contribution in [0.5, 0.6) is 0 Å². The Morgan fingerprint density at radius 3 is 2.79 bits per heavy atom. The summed E-state index contributed by atoms with van der Waals surface area (Å²) in [5.74, 6) is 0.532. The lowest BCUT2D eigenvalue weighted by Crippen LogP contribution is -2.20. The number of ether oxygens (including phenoxy) is 1. The molecule has 0 aromatic heterocycles. The third-order valence-electron chi connectivity index (χ3n) is 2.44. The predicted octanol–water partition coefficient (Wildman–Crippen LogP) is 3.01. The number of non-ortho nitro benzene ring substituents is 1. The fourth-order valence-electron chi connectivity index (χ4n) is 1.48. The molecule has 106 valence electrons. The second kappa shape index (κ2) is 8.09. The summed E-state index contributed by atoms with van der Waals surface area (Å²) in [6.07, 6.45) is 0. The van der Waals surface area contributed by atoms with Crippen molar-refractivity contribution in [3.8, 4) is 0 Å². The smallest absolute Gasteiger partial charge is 0.270 e. The van der Waals surface area contributed by atoms with Gasteiger partial charge in [0.05, 0.1) is 16.6 Å². The highest BCUT2D eigenvalue weighted by molar-refractivity contribution is 6.31. The van der Waals surface area contributed by atoms with Crippen molar-refractivity contribution in [2.75, 3.05) is 19.8 Å². The Labute approximate surface area is 118 Å². The Hall–Kier alpha value is -1.17. The van der Waals surface area contributed by atoms with Gasteiger partial charge in [-0.15, -0.1) is 0 Å². The number of halogens is 1. The maximum Gasteiger partial charge on any atom is 0.270 e. The Morgan fingerprint density at radius 1 is 1.47 bits per heavy atom. The van der Waals surface area contributed by atoms with E-state index in [1.807, 2.05) is 0 Å². The van der Waals surface area contributed by atoms with Crippen LogP contribution in [0.25, 0.3) is 0 Å². The van der Waals surface area contributed by atoms with E-state index in [1.54, 1.807) is 6.07 Å². The second-order valence-electron chi connectivity index (χ2n) is 4.68. The van der Waals surface area contributed by atoms with Crippen molar-refractivity contribution >= 4 is 17.3 Å². The van der Waals surface area contributed by atoms with Gasteiger partial charge in [0.2, 0.25) is 0 Å². The van der Waals surface area contributed by atoms with Gasteiger partial charge in [0.25, 0.3) is 5.69 Å². The van der Waals surface area contributed by atoms with Crippen LogP contribution in [0.1, 0.15) is 19.4 Å². The number of hydrogen-bond donors (Lipinski definition) is 1. The van der Waals surface area contributed by atoms with Crippen LogP contribution in [-0.4, -0.2) is 24.7 Å². The summed E-state index contributed by atoms with van der Waals surface area (Å²) in [4.78, 5) is 10.1. The first-order valence-electron chi connectivity index (χ1n) is 6.22. The largest absolute Gasteiger partial charge is 0.380 e. The third kappa shape index (κ3) is 6.00. The Kier molecular flexibility index (Phi) is 6.77. The van der Waals surface area contributed by atoms with Gasteiger partial charge in [0, 0.05) is 31.8 Å². The van der Waals surface area contributed by atoms with E-state index in [-0.39, 0.29) is 5.69 Å². The number of nitro groups is 1. The van der Waals surface area contributed by atoms with Gasteiger partial charge in [-0.2, -0.15) is 0 Å². The topological polar surface area (TPSA) is 64.4 Å². The summed E-state index contributed by atoms with van der Waals surface area (Å²) in [5, 5.41) is 14.2. The highest BCUT2D eigenvalue weighted by Crippen LogP contribution is 2.22. The van der Waals surface area contributed by atoms with Crippen LogP contribution in [0.15, 0.2) is 18.2 Å². The van der Waals surface area contributed by atoms with E-state index in [0.29, 0.717) is 24.1 Å². The molecule has 0 saturated heterocycles. The minimum Gasteiger partial charge on any atom is -0.380 e. The molecule has 1 N–H and O–H groups in total. The van der Waals surface area contributed by atoms with Gasteiger partial charge in [-0.05, 0) is 17.5 Å². The van der Waals surface area contributed by atoms with Crippen LogP contribution in [0.3, 0.4) is 0 Å². The van der Waals surface area contributed by atoms with Crippen molar-refractivity contribution in [2.24, 2.45) is 5.92 Å². The summed E-state index contributed by atoms with van der Waals surface area (Å²) in [7, 11) is 0. The van der Waals surface area contributed by atoms with Crippen LogP contribution in [0, 0.1) is 16.0 Å². The number of nitrogens with zero attached hydrogens (tertiary/aromatic N) is 1. The molecule has 19 heavy (non-hydrogen) atoms. The lowest BCUT2D eigenvalue weighted by molar-refractivity contribution is -0.384. The fourth-order valence-corrected chi connectivity index (χ4v) is 1.72. The molecule has 0 fully saturated rings. The molecule has 0 aliphatic rings. The Bertz CT molecular complexity index is 424. The number of benzene rings is 1. The van der Waals surface area contributed by atoms with Crippen LogP contribution in [0.2, 0.25) is 5.02 Å². The zero-order valence-corrected chi connectivity index (χ0v) is 11.9. The number of nitrogens with one attached hydrogen (secondary N) is 1. The maximum atomic E-state index is 10.6. The SMILES string of the molecule is CC(C)COCCNCc1ccc([N+](=O)[O-])cc1Cl. The average molecular weight is 287 g/mol. The molecule has 0 spiro atoms. The van der Waals surface area contributed by atoms with Gasteiger partial charge in [-0.25, -0.2) is 0 Å². The molecule has 0 amide bonds. The molecule has 0 aliphatic carbocycles. The average Bonchev–Trinajstić information content (AvgIpc) is 2.34. The zero-order chi connectivity index (χ0) is 14.3.